The van der Waals surface area contributed by atoms with Crippen LogP contribution in [0.25, 0.3) is 0 Å². The van der Waals surface area contributed by atoms with Gasteiger partial charge in [0.15, 0.2) is 0 Å². The first-order valence-corrected chi connectivity index (χ1v) is 6.63. The molecule has 0 aliphatic carbocycles. The minimum atomic E-state index is -2.36. The van der Waals surface area contributed by atoms with Crippen molar-refractivity contribution in [3.8, 4) is 0 Å². The van der Waals surface area contributed by atoms with E-state index >= 15 is 0 Å². The summed E-state index contributed by atoms with van der Waals surface area (Å²) < 4.78 is 4.96. The first-order chi connectivity index (χ1) is 9.62. The van der Waals surface area contributed by atoms with Crippen molar-refractivity contribution >= 4 is 12.1 Å². The number of benzene rings is 1. The number of hydrogen-bond donors (Lipinski definition) is 3. The molecule has 0 saturated heterocycles. The van der Waals surface area contributed by atoms with E-state index in [2.05, 4.69) is 0 Å². The summed E-state index contributed by atoms with van der Waals surface area (Å²) in [5.74, 6) is -1.52. The van der Waals surface area contributed by atoms with Crippen molar-refractivity contribution in [1.82, 2.24) is 5.32 Å². The van der Waals surface area contributed by atoms with Crippen molar-refractivity contribution in [2.24, 2.45) is 0 Å². The zero-order chi connectivity index (χ0) is 16.1. The lowest BCUT2D eigenvalue weighted by Gasteiger charge is -2.27. The van der Waals surface area contributed by atoms with Crippen molar-refractivity contribution in [2.75, 3.05) is 0 Å². The number of carbonyl (C=O) groups is 2. The number of rotatable bonds is 5. The predicted molar refractivity (Wildman–Crippen MR) is 76.7 cm³/mol. The molecule has 6 nitrogen and oxygen atoms in total. The molecule has 0 aliphatic heterocycles. The molecule has 1 amide bonds. The SMILES string of the molecule is CC(C)(C)OC(=O)N[C@@](O)(CCc1ccccc1)C(=O)O. The van der Waals surface area contributed by atoms with E-state index in [9.17, 15) is 14.7 Å². The lowest BCUT2D eigenvalue weighted by Crippen LogP contribution is -2.55. The summed E-state index contributed by atoms with van der Waals surface area (Å²) in [5.41, 5.74) is -2.27. The van der Waals surface area contributed by atoms with Crippen LogP contribution in [-0.2, 0) is 16.0 Å². The highest BCUT2D eigenvalue weighted by atomic mass is 16.6. The Kier molecular flexibility index (Phi) is 5.32. The number of ether oxygens (including phenoxy) is 1. The standard InChI is InChI=1S/C15H21NO5/c1-14(2,3)21-13(19)16-15(20,12(17)18)10-9-11-7-5-4-6-8-11/h4-8,20H,9-10H2,1-3H3,(H,16,19)(H,17,18)/t15-/m1/s1. The van der Waals surface area contributed by atoms with E-state index in [1.54, 1.807) is 20.8 Å². The molecule has 1 aromatic carbocycles. The number of hydrogen-bond acceptors (Lipinski definition) is 4. The summed E-state index contributed by atoms with van der Waals surface area (Å²) in [5, 5.41) is 21.3. The Morgan fingerprint density at radius 1 is 1.19 bits per heavy atom. The van der Waals surface area contributed by atoms with Crippen LogP contribution in [0.5, 0.6) is 0 Å². The van der Waals surface area contributed by atoms with E-state index in [0.29, 0.717) is 6.42 Å². The average Bonchev–Trinajstić information content (AvgIpc) is 2.35. The topological polar surface area (TPSA) is 95.9 Å². The molecule has 1 aromatic rings. The van der Waals surface area contributed by atoms with Gasteiger partial charge in [0.2, 0.25) is 5.72 Å². The fourth-order valence-electron chi connectivity index (χ4n) is 1.67. The van der Waals surface area contributed by atoms with Crippen LogP contribution in [0.4, 0.5) is 4.79 Å². The normalized spacial score (nSPS) is 14.1. The molecule has 3 N–H and O–H groups in total. The number of amides is 1. The van der Waals surface area contributed by atoms with Crippen LogP contribution in [0.1, 0.15) is 32.8 Å². The highest BCUT2D eigenvalue weighted by Gasteiger charge is 2.38. The van der Waals surface area contributed by atoms with Crippen molar-refractivity contribution < 1.29 is 24.5 Å². The van der Waals surface area contributed by atoms with Gasteiger partial charge >= 0.3 is 12.1 Å². The number of aryl methyl sites for hydroxylation is 1. The van der Waals surface area contributed by atoms with E-state index in [0.717, 1.165) is 5.56 Å². The molecule has 0 spiro atoms. The third-order valence-corrected chi connectivity index (χ3v) is 2.68. The molecule has 0 bridgehead atoms. The summed E-state index contributed by atoms with van der Waals surface area (Å²) in [6, 6.07) is 9.10. The second-order valence-electron chi connectivity index (χ2n) is 5.78. The first-order valence-electron chi connectivity index (χ1n) is 6.63. The summed E-state index contributed by atoms with van der Waals surface area (Å²) in [7, 11) is 0. The van der Waals surface area contributed by atoms with Crippen molar-refractivity contribution in [3.63, 3.8) is 0 Å². The number of carboxylic acids is 1. The van der Waals surface area contributed by atoms with Gasteiger partial charge in [-0.25, -0.2) is 9.59 Å². The number of aliphatic carboxylic acids is 1. The van der Waals surface area contributed by atoms with Crippen molar-refractivity contribution in [2.45, 2.75) is 44.9 Å². The molecule has 0 aliphatic rings. The Labute approximate surface area is 123 Å². The quantitative estimate of drug-likeness (QED) is 0.721. The van der Waals surface area contributed by atoms with Gasteiger partial charge < -0.3 is 14.9 Å². The minimum absolute atomic E-state index is 0.161. The molecule has 21 heavy (non-hydrogen) atoms. The van der Waals surface area contributed by atoms with Gasteiger partial charge in [-0.2, -0.15) is 0 Å². The van der Waals surface area contributed by atoms with E-state index in [1.807, 2.05) is 35.6 Å². The Hall–Kier alpha value is -2.08. The molecule has 0 aromatic heterocycles. The fourth-order valence-corrected chi connectivity index (χ4v) is 1.67. The number of carboxylic acid groups (broad SMARTS) is 1. The monoisotopic (exact) mass is 295 g/mol. The van der Waals surface area contributed by atoms with Gasteiger partial charge in [0, 0.05) is 6.42 Å². The van der Waals surface area contributed by atoms with Crippen LogP contribution in [-0.4, -0.2) is 33.6 Å². The van der Waals surface area contributed by atoms with Crippen molar-refractivity contribution in [3.05, 3.63) is 35.9 Å². The third-order valence-electron chi connectivity index (χ3n) is 2.68. The Bertz CT molecular complexity index is 495. The molecule has 0 fully saturated rings. The Morgan fingerprint density at radius 2 is 1.76 bits per heavy atom. The lowest BCUT2D eigenvalue weighted by atomic mass is 10.0. The lowest BCUT2D eigenvalue weighted by molar-refractivity contribution is -0.162. The van der Waals surface area contributed by atoms with E-state index in [4.69, 9.17) is 9.84 Å². The van der Waals surface area contributed by atoms with E-state index in [-0.39, 0.29) is 6.42 Å². The molecule has 1 atom stereocenters. The van der Waals surface area contributed by atoms with Gasteiger partial charge in [-0.15, -0.1) is 0 Å². The zero-order valence-electron chi connectivity index (χ0n) is 12.4. The molecule has 0 unspecified atom stereocenters. The first kappa shape index (κ1) is 17.0. The highest BCUT2D eigenvalue weighted by Crippen LogP contribution is 2.14. The van der Waals surface area contributed by atoms with E-state index in [1.165, 1.54) is 0 Å². The molecular formula is C15H21NO5. The largest absolute Gasteiger partial charge is 0.478 e. The minimum Gasteiger partial charge on any atom is -0.478 e. The number of alkyl carbamates (subject to hydrolysis) is 1. The number of aliphatic hydroxyl groups is 1. The predicted octanol–water partition coefficient (Wildman–Crippen LogP) is 1.92. The van der Waals surface area contributed by atoms with Gasteiger partial charge in [0.25, 0.3) is 0 Å². The highest BCUT2D eigenvalue weighted by molar-refractivity contribution is 5.82. The molecule has 0 radical (unpaired) electrons. The van der Waals surface area contributed by atoms with Gasteiger partial charge in [-0.05, 0) is 32.8 Å². The van der Waals surface area contributed by atoms with Crippen LogP contribution in [0, 0.1) is 0 Å². The maximum atomic E-state index is 11.6. The molecule has 0 heterocycles. The molecule has 116 valence electrons. The summed E-state index contributed by atoms with van der Waals surface area (Å²) in [6.07, 6.45) is -0.828. The number of nitrogens with one attached hydrogen (secondary N) is 1. The summed E-state index contributed by atoms with van der Waals surface area (Å²) >= 11 is 0. The van der Waals surface area contributed by atoms with Crippen LogP contribution < -0.4 is 5.32 Å². The Balaban J connectivity index is 2.70. The van der Waals surface area contributed by atoms with Crippen LogP contribution in [0.3, 0.4) is 0 Å². The van der Waals surface area contributed by atoms with Crippen LogP contribution >= 0.6 is 0 Å². The average molecular weight is 295 g/mol. The smallest absolute Gasteiger partial charge is 0.410 e. The van der Waals surface area contributed by atoms with Gasteiger partial charge in [-0.1, -0.05) is 30.3 Å². The fraction of sp³-hybridized carbons (Fsp3) is 0.467. The second-order valence-corrected chi connectivity index (χ2v) is 5.78. The maximum Gasteiger partial charge on any atom is 0.410 e. The van der Waals surface area contributed by atoms with Crippen LogP contribution in [0.2, 0.25) is 0 Å². The zero-order valence-corrected chi connectivity index (χ0v) is 12.4. The third kappa shape index (κ3) is 5.83. The Morgan fingerprint density at radius 3 is 2.24 bits per heavy atom. The summed E-state index contributed by atoms with van der Waals surface area (Å²) in [6.45, 7) is 4.95. The summed E-state index contributed by atoms with van der Waals surface area (Å²) in [4.78, 5) is 22.9. The van der Waals surface area contributed by atoms with Gasteiger partial charge in [-0.3, -0.25) is 5.32 Å². The molecule has 6 heteroatoms. The maximum absolute atomic E-state index is 11.6. The number of carbonyl (C=O) groups excluding carboxylic acids is 1. The van der Waals surface area contributed by atoms with Crippen LogP contribution in [0.15, 0.2) is 30.3 Å². The molecule has 1 rings (SSSR count). The van der Waals surface area contributed by atoms with E-state index < -0.39 is 23.4 Å². The molecular weight excluding hydrogens is 274 g/mol. The van der Waals surface area contributed by atoms with Gasteiger partial charge in [0.1, 0.15) is 5.60 Å². The van der Waals surface area contributed by atoms with Gasteiger partial charge in [0.05, 0.1) is 0 Å². The second kappa shape index (κ2) is 6.58. The van der Waals surface area contributed by atoms with Crippen molar-refractivity contribution in [1.29, 1.82) is 0 Å². The molecule has 0 saturated carbocycles.